The van der Waals surface area contributed by atoms with Crippen LogP contribution in [0.15, 0.2) is 79.1 Å². The quantitative estimate of drug-likeness (QED) is 0.516. The van der Waals surface area contributed by atoms with Crippen LogP contribution in [0.3, 0.4) is 0 Å². The summed E-state index contributed by atoms with van der Waals surface area (Å²) in [4.78, 5) is 8.59. The van der Waals surface area contributed by atoms with E-state index in [9.17, 15) is 10.2 Å². The van der Waals surface area contributed by atoms with E-state index in [1.807, 2.05) is 54.6 Å². The van der Waals surface area contributed by atoms with E-state index in [2.05, 4.69) is 15.3 Å². The van der Waals surface area contributed by atoms with E-state index in [-0.39, 0.29) is 11.5 Å². The van der Waals surface area contributed by atoms with Crippen molar-refractivity contribution in [3.05, 3.63) is 90.3 Å². The Morgan fingerprint density at radius 2 is 1.54 bits per heavy atom. The molecule has 4 rings (SSSR count). The fourth-order valence-electron chi connectivity index (χ4n) is 3.03. The van der Waals surface area contributed by atoms with Gasteiger partial charge in [-0.1, -0.05) is 42.5 Å². The molecule has 128 valence electrons. The fraction of sp³-hybridized carbons (Fsp3) is 0.0476. The van der Waals surface area contributed by atoms with Gasteiger partial charge in [-0.25, -0.2) is 4.98 Å². The molecule has 5 nitrogen and oxygen atoms in total. The Hall–Kier alpha value is -3.60. The van der Waals surface area contributed by atoms with E-state index in [0.717, 1.165) is 5.39 Å². The topological polar surface area (TPSA) is 78.3 Å². The summed E-state index contributed by atoms with van der Waals surface area (Å²) >= 11 is 0. The van der Waals surface area contributed by atoms with Crippen molar-refractivity contribution in [2.24, 2.45) is 0 Å². The Bertz CT molecular complexity index is 1050. The van der Waals surface area contributed by atoms with E-state index in [1.54, 1.807) is 24.5 Å². The second-order valence-corrected chi connectivity index (χ2v) is 5.93. The van der Waals surface area contributed by atoms with Gasteiger partial charge < -0.3 is 15.5 Å². The van der Waals surface area contributed by atoms with Crippen LogP contribution in [0.2, 0.25) is 0 Å². The minimum Gasteiger partial charge on any atom is -0.508 e. The Balaban J connectivity index is 1.88. The number of anilines is 1. The third kappa shape index (κ3) is 2.91. The number of nitrogens with zero attached hydrogens (tertiary/aromatic N) is 2. The smallest absolute Gasteiger partial charge is 0.147 e. The number of rotatable bonds is 4. The van der Waals surface area contributed by atoms with Crippen LogP contribution in [0.1, 0.15) is 17.2 Å². The van der Waals surface area contributed by atoms with Gasteiger partial charge in [-0.2, -0.15) is 0 Å². The van der Waals surface area contributed by atoms with Gasteiger partial charge in [0.1, 0.15) is 22.8 Å². The Morgan fingerprint density at radius 1 is 0.731 bits per heavy atom. The highest BCUT2D eigenvalue weighted by Crippen LogP contribution is 2.38. The standard InChI is InChI=1S/C21H17N3O2/c25-17-8-2-1-7-15(17)20(24-18-9-3-4-12-22-18)16-11-10-14-6-5-13-23-19(14)21(16)26/h1-13,20,25-26H,(H,22,24)/t20-/m0/s1. The lowest BCUT2D eigenvalue weighted by Crippen LogP contribution is -2.14. The summed E-state index contributed by atoms with van der Waals surface area (Å²) < 4.78 is 0. The number of fused-ring (bicyclic) bond motifs is 1. The molecule has 0 unspecified atom stereocenters. The first kappa shape index (κ1) is 15.9. The van der Waals surface area contributed by atoms with Crippen molar-refractivity contribution in [2.45, 2.75) is 6.04 Å². The number of phenolic OH excluding ortho intramolecular Hbond substituents is 2. The average Bonchev–Trinajstić information content (AvgIpc) is 2.68. The summed E-state index contributed by atoms with van der Waals surface area (Å²) in [6.45, 7) is 0. The minimum absolute atomic E-state index is 0.0831. The monoisotopic (exact) mass is 343 g/mol. The molecule has 2 aromatic carbocycles. The van der Waals surface area contributed by atoms with E-state index >= 15 is 0 Å². The first-order valence-corrected chi connectivity index (χ1v) is 8.26. The largest absolute Gasteiger partial charge is 0.508 e. The number of phenols is 2. The SMILES string of the molecule is Oc1ccccc1[C@H](Nc1ccccn1)c1ccc2cccnc2c1O. The van der Waals surface area contributed by atoms with Crippen LogP contribution in [0.5, 0.6) is 11.5 Å². The number of hydrogen-bond donors (Lipinski definition) is 3. The Labute approximate surface area is 150 Å². The van der Waals surface area contributed by atoms with Gasteiger partial charge in [0.2, 0.25) is 0 Å². The number of pyridine rings is 2. The summed E-state index contributed by atoms with van der Waals surface area (Å²) in [6, 6.07) is 19.6. The number of nitrogens with one attached hydrogen (secondary N) is 1. The highest BCUT2D eigenvalue weighted by molar-refractivity contribution is 5.86. The average molecular weight is 343 g/mol. The lowest BCUT2D eigenvalue weighted by Gasteiger charge is -2.22. The first-order valence-electron chi connectivity index (χ1n) is 8.26. The van der Waals surface area contributed by atoms with Crippen LogP contribution in [0, 0.1) is 0 Å². The summed E-state index contributed by atoms with van der Waals surface area (Å²) in [6.07, 6.45) is 3.33. The van der Waals surface area contributed by atoms with Gasteiger partial charge in [0, 0.05) is 28.9 Å². The summed E-state index contributed by atoms with van der Waals surface area (Å²) in [5, 5.41) is 25.4. The molecule has 26 heavy (non-hydrogen) atoms. The molecule has 4 aromatic rings. The first-order chi connectivity index (χ1) is 12.7. The fourth-order valence-corrected chi connectivity index (χ4v) is 3.03. The van der Waals surface area contributed by atoms with Gasteiger partial charge in [0.05, 0.1) is 6.04 Å². The number of benzene rings is 2. The summed E-state index contributed by atoms with van der Waals surface area (Å²) in [7, 11) is 0. The summed E-state index contributed by atoms with van der Waals surface area (Å²) in [5.74, 6) is 0.863. The second kappa shape index (κ2) is 6.72. The third-order valence-electron chi connectivity index (χ3n) is 4.29. The maximum absolute atomic E-state index is 10.8. The minimum atomic E-state index is -0.488. The molecule has 0 aliphatic rings. The molecule has 0 radical (unpaired) electrons. The molecule has 5 heteroatoms. The third-order valence-corrected chi connectivity index (χ3v) is 4.29. The molecule has 1 atom stereocenters. The lowest BCUT2D eigenvalue weighted by molar-refractivity contribution is 0.460. The van der Waals surface area contributed by atoms with E-state index < -0.39 is 6.04 Å². The number of aromatic hydroxyl groups is 2. The number of para-hydroxylation sites is 1. The highest BCUT2D eigenvalue weighted by Gasteiger charge is 2.22. The molecule has 0 saturated heterocycles. The Morgan fingerprint density at radius 3 is 2.35 bits per heavy atom. The molecule has 2 aromatic heterocycles. The zero-order valence-corrected chi connectivity index (χ0v) is 13.9. The van der Waals surface area contributed by atoms with Gasteiger partial charge in [-0.3, -0.25) is 4.98 Å². The van der Waals surface area contributed by atoms with Crippen molar-refractivity contribution in [1.29, 1.82) is 0 Å². The molecule has 3 N–H and O–H groups in total. The normalized spacial score (nSPS) is 12.0. The molecule has 0 fully saturated rings. The summed E-state index contributed by atoms with van der Waals surface area (Å²) in [5.41, 5.74) is 1.78. The Kier molecular flexibility index (Phi) is 4.11. The van der Waals surface area contributed by atoms with Crippen molar-refractivity contribution in [1.82, 2.24) is 9.97 Å². The van der Waals surface area contributed by atoms with Crippen molar-refractivity contribution >= 4 is 16.7 Å². The van der Waals surface area contributed by atoms with Gasteiger partial charge >= 0.3 is 0 Å². The number of hydrogen-bond acceptors (Lipinski definition) is 5. The van der Waals surface area contributed by atoms with Crippen LogP contribution in [0.25, 0.3) is 10.9 Å². The predicted molar refractivity (Wildman–Crippen MR) is 101 cm³/mol. The van der Waals surface area contributed by atoms with E-state index in [0.29, 0.717) is 22.5 Å². The predicted octanol–water partition coefficient (Wildman–Crippen LogP) is 4.24. The molecule has 0 spiro atoms. The maximum Gasteiger partial charge on any atom is 0.147 e. The van der Waals surface area contributed by atoms with Crippen LogP contribution in [0.4, 0.5) is 5.82 Å². The van der Waals surface area contributed by atoms with Crippen LogP contribution < -0.4 is 5.32 Å². The van der Waals surface area contributed by atoms with E-state index in [1.165, 1.54) is 0 Å². The molecule has 0 bridgehead atoms. The van der Waals surface area contributed by atoms with Crippen LogP contribution in [-0.4, -0.2) is 20.2 Å². The number of aromatic nitrogens is 2. The van der Waals surface area contributed by atoms with Crippen LogP contribution in [-0.2, 0) is 0 Å². The van der Waals surface area contributed by atoms with Gasteiger partial charge in [0.25, 0.3) is 0 Å². The zero-order chi connectivity index (χ0) is 17.9. The van der Waals surface area contributed by atoms with Crippen molar-refractivity contribution in [2.75, 3.05) is 5.32 Å². The zero-order valence-electron chi connectivity index (χ0n) is 13.9. The second-order valence-electron chi connectivity index (χ2n) is 5.93. The van der Waals surface area contributed by atoms with Crippen molar-refractivity contribution in [3.8, 4) is 11.5 Å². The maximum atomic E-state index is 10.8. The molecule has 2 heterocycles. The molecule has 0 aliphatic heterocycles. The van der Waals surface area contributed by atoms with Crippen molar-refractivity contribution < 1.29 is 10.2 Å². The van der Waals surface area contributed by atoms with Crippen molar-refractivity contribution in [3.63, 3.8) is 0 Å². The molecule has 0 amide bonds. The highest BCUT2D eigenvalue weighted by atomic mass is 16.3. The van der Waals surface area contributed by atoms with Gasteiger partial charge in [-0.05, 0) is 24.3 Å². The molecule has 0 aliphatic carbocycles. The molecular formula is C21H17N3O2. The van der Waals surface area contributed by atoms with Gasteiger partial charge in [-0.15, -0.1) is 0 Å². The molecule has 0 saturated carbocycles. The van der Waals surface area contributed by atoms with E-state index in [4.69, 9.17) is 0 Å². The molecular weight excluding hydrogens is 326 g/mol. The lowest BCUT2D eigenvalue weighted by atomic mass is 9.95. The van der Waals surface area contributed by atoms with Gasteiger partial charge in [0.15, 0.2) is 0 Å². The van der Waals surface area contributed by atoms with Crippen LogP contribution >= 0.6 is 0 Å².